The maximum atomic E-state index is 12.6. The van der Waals surface area contributed by atoms with E-state index in [1.165, 1.54) is 23.9 Å². The van der Waals surface area contributed by atoms with Crippen LogP contribution >= 0.6 is 11.8 Å². The van der Waals surface area contributed by atoms with Gasteiger partial charge < -0.3 is 5.11 Å². The Morgan fingerprint density at radius 3 is 2.44 bits per heavy atom. The fraction of sp³-hybridized carbons (Fsp3) is 0.105. The van der Waals surface area contributed by atoms with E-state index < -0.39 is 5.97 Å². The second kappa shape index (κ2) is 7.36. The average Bonchev–Trinajstić information content (AvgIpc) is 2.91. The molecule has 0 radical (unpaired) electrons. The van der Waals surface area contributed by atoms with E-state index in [9.17, 15) is 9.59 Å². The number of thioether (sulfide) groups is 1. The Kier molecular flexibility index (Phi) is 5.00. The van der Waals surface area contributed by atoms with E-state index in [-0.39, 0.29) is 11.5 Å². The fourth-order valence-electron chi connectivity index (χ4n) is 2.36. The summed E-state index contributed by atoms with van der Waals surface area (Å²) in [4.78, 5) is 30.2. The van der Waals surface area contributed by atoms with E-state index >= 15 is 0 Å². The lowest BCUT2D eigenvalue weighted by molar-refractivity contribution is -0.122. The first kappa shape index (κ1) is 17.0. The van der Waals surface area contributed by atoms with Gasteiger partial charge in [0, 0.05) is 6.54 Å². The third kappa shape index (κ3) is 3.80. The Morgan fingerprint density at radius 2 is 1.84 bits per heavy atom. The van der Waals surface area contributed by atoms with Crippen molar-refractivity contribution in [2.24, 2.45) is 4.99 Å². The van der Waals surface area contributed by atoms with Gasteiger partial charge in [-0.05, 0) is 54.6 Å². The second-order valence-electron chi connectivity index (χ2n) is 5.32. The molecular weight excluding hydrogens is 336 g/mol. The molecule has 2 aromatic rings. The smallest absolute Gasteiger partial charge is 0.335 e. The normalized spacial score (nSPS) is 17.5. The molecule has 25 heavy (non-hydrogen) atoms. The summed E-state index contributed by atoms with van der Waals surface area (Å²) in [6.45, 7) is 2.41. The standard InChI is InChI=1S/C19H16N2O3S/c1-2-21-17(22)16(12-13-6-4-3-5-7-13)25-19(21)20-15-10-8-14(9-11-15)18(23)24/h3-12H,2H2,1H3,(H,23,24)/b16-12-,20-19?. The van der Waals surface area contributed by atoms with Gasteiger partial charge in [-0.2, -0.15) is 0 Å². The molecule has 0 saturated carbocycles. The Labute approximate surface area is 149 Å². The van der Waals surface area contributed by atoms with Gasteiger partial charge >= 0.3 is 5.97 Å². The van der Waals surface area contributed by atoms with Crippen LogP contribution in [0.1, 0.15) is 22.8 Å². The molecule has 3 rings (SSSR count). The predicted octanol–water partition coefficient (Wildman–Crippen LogP) is 4.01. The maximum Gasteiger partial charge on any atom is 0.335 e. The summed E-state index contributed by atoms with van der Waals surface area (Å²) < 4.78 is 0. The van der Waals surface area contributed by atoms with Crippen LogP contribution in [-0.2, 0) is 4.79 Å². The number of aromatic carboxylic acids is 1. The summed E-state index contributed by atoms with van der Waals surface area (Å²) in [6, 6.07) is 15.9. The highest BCUT2D eigenvalue weighted by Gasteiger charge is 2.32. The summed E-state index contributed by atoms with van der Waals surface area (Å²) in [5.41, 5.74) is 1.78. The molecule has 0 spiro atoms. The summed E-state index contributed by atoms with van der Waals surface area (Å²) in [5, 5.41) is 9.54. The number of likely N-dealkylation sites (N-methyl/N-ethyl adjacent to an activating group) is 1. The van der Waals surface area contributed by atoms with Crippen LogP contribution in [0.4, 0.5) is 5.69 Å². The highest BCUT2D eigenvalue weighted by molar-refractivity contribution is 8.18. The van der Waals surface area contributed by atoms with Crippen LogP contribution in [0.15, 0.2) is 64.5 Å². The van der Waals surface area contributed by atoms with Gasteiger partial charge in [0.15, 0.2) is 5.17 Å². The van der Waals surface area contributed by atoms with Gasteiger partial charge in [0.1, 0.15) is 0 Å². The zero-order chi connectivity index (χ0) is 17.8. The van der Waals surface area contributed by atoms with Crippen molar-refractivity contribution in [2.45, 2.75) is 6.92 Å². The number of carbonyl (C=O) groups is 2. The highest BCUT2D eigenvalue weighted by atomic mass is 32.2. The SMILES string of the molecule is CCN1C(=O)/C(=C/c2ccccc2)SC1=Nc1ccc(C(=O)O)cc1. The van der Waals surface area contributed by atoms with Crippen molar-refractivity contribution in [2.75, 3.05) is 6.54 Å². The van der Waals surface area contributed by atoms with Gasteiger partial charge in [-0.15, -0.1) is 0 Å². The van der Waals surface area contributed by atoms with Crippen LogP contribution in [0.3, 0.4) is 0 Å². The van der Waals surface area contributed by atoms with Crippen LogP contribution in [0.5, 0.6) is 0 Å². The van der Waals surface area contributed by atoms with Gasteiger partial charge in [-0.25, -0.2) is 9.79 Å². The Hall–Kier alpha value is -2.86. The zero-order valence-corrected chi connectivity index (χ0v) is 14.4. The van der Waals surface area contributed by atoms with Gasteiger partial charge in [0.05, 0.1) is 16.2 Å². The number of benzene rings is 2. The first-order valence-electron chi connectivity index (χ1n) is 7.77. The summed E-state index contributed by atoms with van der Waals surface area (Å²) in [5.74, 6) is -1.05. The van der Waals surface area contributed by atoms with Gasteiger partial charge in [-0.3, -0.25) is 9.69 Å². The van der Waals surface area contributed by atoms with E-state index in [0.29, 0.717) is 22.3 Å². The Morgan fingerprint density at radius 1 is 1.16 bits per heavy atom. The molecule has 1 aliphatic heterocycles. The van der Waals surface area contributed by atoms with Crippen LogP contribution in [-0.4, -0.2) is 33.6 Å². The number of hydrogen-bond donors (Lipinski definition) is 1. The molecule has 6 heteroatoms. The highest BCUT2D eigenvalue weighted by Crippen LogP contribution is 2.33. The monoisotopic (exact) mass is 352 g/mol. The van der Waals surface area contributed by atoms with Crippen molar-refractivity contribution in [1.29, 1.82) is 0 Å². The number of amidine groups is 1. The van der Waals surface area contributed by atoms with E-state index in [0.717, 1.165) is 5.56 Å². The van der Waals surface area contributed by atoms with Crippen LogP contribution in [0.25, 0.3) is 6.08 Å². The summed E-state index contributed by atoms with van der Waals surface area (Å²) in [6.07, 6.45) is 1.85. The van der Waals surface area contributed by atoms with E-state index in [4.69, 9.17) is 5.11 Å². The molecule has 1 saturated heterocycles. The van der Waals surface area contributed by atoms with Gasteiger partial charge in [-0.1, -0.05) is 30.3 Å². The third-order valence-corrected chi connectivity index (χ3v) is 4.65. The van der Waals surface area contributed by atoms with Crippen molar-refractivity contribution in [3.05, 3.63) is 70.6 Å². The predicted molar refractivity (Wildman–Crippen MR) is 99.9 cm³/mol. The second-order valence-corrected chi connectivity index (χ2v) is 6.33. The minimum absolute atomic E-state index is 0.0720. The third-order valence-electron chi connectivity index (χ3n) is 3.64. The molecule has 0 aromatic heterocycles. The lowest BCUT2D eigenvalue weighted by Crippen LogP contribution is -2.28. The van der Waals surface area contributed by atoms with E-state index in [2.05, 4.69) is 4.99 Å². The van der Waals surface area contributed by atoms with Crippen molar-refractivity contribution in [3.8, 4) is 0 Å². The number of carbonyl (C=O) groups excluding carboxylic acids is 1. The van der Waals surface area contributed by atoms with Crippen LogP contribution < -0.4 is 0 Å². The van der Waals surface area contributed by atoms with Crippen molar-refractivity contribution >= 4 is 40.6 Å². The number of carboxylic acids is 1. The Balaban J connectivity index is 1.89. The molecule has 0 unspecified atom stereocenters. The maximum absolute atomic E-state index is 12.6. The van der Waals surface area contributed by atoms with Gasteiger partial charge in [0.25, 0.3) is 5.91 Å². The molecule has 0 bridgehead atoms. The molecule has 1 fully saturated rings. The fourth-order valence-corrected chi connectivity index (χ4v) is 3.42. The minimum atomic E-state index is -0.979. The zero-order valence-electron chi connectivity index (χ0n) is 13.5. The lowest BCUT2D eigenvalue weighted by Gasteiger charge is -2.12. The van der Waals surface area contributed by atoms with Crippen LogP contribution in [0, 0.1) is 0 Å². The number of nitrogens with zero attached hydrogens (tertiary/aromatic N) is 2. The number of aliphatic imine (C=N–C) groups is 1. The molecule has 0 aliphatic carbocycles. The molecule has 2 aromatic carbocycles. The summed E-state index contributed by atoms with van der Waals surface area (Å²) >= 11 is 1.32. The average molecular weight is 352 g/mol. The van der Waals surface area contributed by atoms with Crippen LogP contribution in [0.2, 0.25) is 0 Å². The lowest BCUT2D eigenvalue weighted by atomic mass is 10.2. The van der Waals surface area contributed by atoms with Crippen molar-refractivity contribution < 1.29 is 14.7 Å². The summed E-state index contributed by atoms with van der Waals surface area (Å²) in [7, 11) is 0. The Bertz CT molecular complexity index is 858. The first-order chi connectivity index (χ1) is 12.1. The molecule has 126 valence electrons. The minimum Gasteiger partial charge on any atom is -0.478 e. The number of amides is 1. The largest absolute Gasteiger partial charge is 0.478 e. The molecule has 1 N–H and O–H groups in total. The number of rotatable bonds is 4. The van der Waals surface area contributed by atoms with Gasteiger partial charge in [0.2, 0.25) is 0 Å². The number of hydrogen-bond acceptors (Lipinski definition) is 4. The van der Waals surface area contributed by atoms with Crippen molar-refractivity contribution in [3.63, 3.8) is 0 Å². The van der Waals surface area contributed by atoms with E-state index in [1.54, 1.807) is 17.0 Å². The molecule has 1 aliphatic rings. The number of carboxylic acid groups (broad SMARTS) is 1. The topological polar surface area (TPSA) is 70.0 Å². The first-order valence-corrected chi connectivity index (χ1v) is 8.58. The molecule has 1 heterocycles. The molecule has 0 atom stereocenters. The van der Waals surface area contributed by atoms with Crippen molar-refractivity contribution in [1.82, 2.24) is 4.90 Å². The molecule has 1 amide bonds. The van der Waals surface area contributed by atoms with E-state index in [1.807, 2.05) is 43.3 Å². The quantitative estimate of drug-likeness (QED) is 0.844. The molecular formula is C19H16N2O3S. The molecule has 5 nitrogen and oxygen atoms in total.